The molecule has 3 heterocycles. The molecule has 0 saturated carbocycles. The minimum absolute atomic E-state index is 0.660. The fourth-order valence-electron chi connectivity index (χ4n) is 3.15. The van der Waals surface area contributed by atoms with Crippen molar-refractivity contribution in [3.63, 3.8) is 0 Å². The third-order valence-corrected chi connectivity index (χ3v) is 4.48. The number of nitrogens with zero attached hydrogens (tertiary/aromatic N) is 3. The molecule has 126 valence electrons. The van der Waals surface area contributed by atoms with Gasteiger partial charge < -0.3 is 9.15 Å². The normalized spacial score (nSPS) is 11.2. The highest BCUT2D eigenvalue weighted by atomic mass is 16.5. The molecule has 4 rings (SSSR count). The number of furan rings is 1. The predicted octanol–water partition coefficient (Wildman–Crippen LogP) is 4.37. The van der Waals surface area contributed by atoms with Crippen LogP contribution in [0.5, 0.6) is 5.75 Å². The Morgan fingerprint density at radius 1 is 1.08 bits per heavy atom. The quantitative estimate of drug-likeness (QED) is 0.556. The molecule has 4 aromatic rings. The number of methoxy groups -OCH3 is 1. The minimum atomic E-state index is 0.660. The van der Waals surface area contributed by atoms with Crippen molar-refractivity contribution in [3.05, 3.63) is 65.9 Å². The van der Waals surface area contributed by atoms with Gasteiger partial charge in [-0.15, -0.1) is 0 Å². The first-order valence-electron chi connectivity index (χ1n) is 8.16. The summed E-state index contributed by atoms with van der Waals surface area (Å²) in [5.41, 5.74) is 5.36. The van der Waals surface area contributed by atoms with Crippen LogP contribution in [0, 0.1) is 13.8 Å². The van der Waals surface area contributed by atoms with Crippen molar-refractivity contribution in [1.29, 1.82) is 0 Å². The molecule has 0 aliphatic carbocycles. The number of ether oxygens (including phenoxy) is 1. The third-order valence-electron chi connectivity index (χ3n) is 4.48. The second-order valence-corrected chi connectivity index (χ2v) is 6.09. The van der Waals surface area contributed by atoms with Crippen molar-refractivity contribution in [3.8, 4) is 16.9 Å². The zero-order valence-electron chi connectivity index (χ0n) is 14.5. The van der Waals surface area contributed by atoms with Gasteiger partial charge in [0.25, 0.3) is 0 Å². The van der Waals surface area contributed by atoms with Crippen LogP contribution in [0.15, 0.2) is 53.4 Å². The second kappa shape index (κ2) is 6.09. The summed E-state index contributed by atoms with van der Waals surface area (Å²) >= 11 is 0. The van der Waals surface area contributed by atoms with E-state index in [9.17, 15) is 0 Å². The largest absolute Gasteiger partial charge is 0.497 e. The van der Waals surface area contributed by atoms with Crippen molar-refractivity contribution in [2.75, 3.05) is 7.11 Å². The maximum atomic E-state index is 5.49. The van der Waals surface area contributed by atoms with Crippen LogP contribution >= 0.6 is 0 Å². The molecule has 25 heavy (non-hydrogen) atoms. The average molecular weight is 333 g/mol. The SMILES string of the molecule is COc1ccc(Cn2ncc3c(-c4ccoc4C)c(C)cnc32)cc1. The Bertz CT molecular complexity index is 1030. The van der Waals surface area contributed by atoms with Gasteiger partial charge in [-0.05, 0) is 43.2 Å². The van der Waals surface area contributed by atoms with Gasteiger partial charge in [0, 0.05) is 22.7 Å². The number of rotatable bonds is 4. The Kier molecular flexibility index (Phi) is 3.76. The first kappa shape index (κ1) is 15.4. The highest BCUT2D eigenvalue weighted by Gasteiger charge is 2.16. The number of fused-ring (bicyclic) bond motifs is 1. The van der Waals surface area contributed by atoms with Crippen molar-refractivity contribution >= 4 is 11.0 Å². The Morgan fingerprint density at radius 3 is 2.56 bits per heavy atom. The highest BCUT2D eigenvalue weighted by molar-refractivity contribution is 5.94. The highest BCUT2D eigenvalue weighted by Crippen LogP contribution is 2.33. The summed E-state index contributed by atoms with van der Waals surface area (Å²) in [7, 11) is 1.67. The molecule has 0 atom stereocenters. The molecular weight excluding hydrogens is 314 g/mol. The van der Waals surface area contributed by atoms with Crippen LogP contribution in [-0.2, 0) is 6.54 Å². The Balaban J connectivity index is 1.78. The van der Waals surface area contributed by atoms with Crippen LogP contribution in [0.4, 0.5) is 0 Å². The van der Waals surface area contributed by atoms with Crippen molar-refractivity contribution in [2.24, 2.45) is 0 Å². The van der Waals surface area contributed by atoms with E-state index in [1.165, 1.54) is 0 Å². The Labute approximate surface area is 145 Å². The monoisotopic (exact) mass is 333 g/mol. The molecule has 0 spiro atoms. The molecule has 5 heteroatoms. The lowest BCUT2D eigenvalue weighted by molar-refractivity contribution is 0.414. The summed E-state index contributed by atoms with van der Waals surface area (Å²) in [4.78, 5) is 4.62. The van der Waals surface area contributed by atoms with Crippen LogP contribution in [0.2, 0.25) is 0 Å². The summed E-state index contributed by atoms with van der Waals surface area (Å²) in [5.74, 6) is 1.75. The summed E-state index contributed by atoms with van der Waals surface area (Å²) < 4.78 is 12.6. The van der Waals surface area contributed by atoms with Gasteiger partial charge in [-0.2, -0.15) is 5.10 Å². The number of hydrogen-bond acceptors (Lipinski definition) is 4. The molecule has 3 aromatic heterocycles. The van der Waals surface area contributed by atoms with E-state index in [1.807, 2.05) is 54.3 Å². The van der Waals surface area contributed by atoms with Gasteiger partial charge in [0.05, 0.1) is 26.1 Å². The van der Waals surface area contributed by atoms with Crippen molar-refractivity contribution in [2.45, 2.75) is 20.4 Å². The smallest absolute Gasteiger partial charge is 0.158 e. The summed E-state index contributed by atoms with van der Waals surface area (Å²) in [5, 5.41) is 5.61. The summed E-state index contributed by atoms with van der Waals surface area (Å²) in [6, 6.07) is 10.00. The molecule has 0 aliphatic rings. The van der Waals surface area contributed by atoms with Gasteiger partial charge in [-0.3, -0.25) is 0 Å². The topological polar surface area (TPSA) is 53.1 Å². The van der Waals surface area contributed by atoms with E-state index in [-0.39, 0.29) is 0 Å². The lowest BCUT2D eigenvalue weighted by atomic mass is 10.0. The van der Waals surface area contributed by atoms with Gasteiger partial charge in [-0.1, -0.05) is 12.1 Å². The first-order chi connectivity index (χ1) is 12.2. The fourth-order valence-corrected chi connectivity index (χ4v) is 3.15. The number of hydrogen-bond donors (Lipinski definition) is 0. The van der Waals surface area contributed by atoms with Crippen LogP contribution in [-0.4, -0.2) is 21.9 Å². The third kappa shape index (κ3) is 2.67. The zero-order chi connectivity index (χ0) is 17.4. The van der Waals surface area contributed by atoms with Crippen LogP contribution < -0.4 is 4.74 Å². The lowest BCUT2D eigenvalue weighted by Crippen LogP contribution is -2.03. The summed E-state index contributed by atoms with van der Waals surface area (Å²) in [6.07, 6.45) is 5.51. The van der Waals surface area contributed by atoms with E-state index >= 15 is 0 Å². The number of pyridine rings is 1. The van der Waals surface area contributed by atoms with Gasteiger partial charge in [-0.25, -0.2) is 9.67 Å². The van der Waals surface area contributed by atoms with Crippen LogP contribution in [0.3, 0.4) is 0 Å². The molecular formula is C20H19N3O2. The van der Waals surface area contributed by atoms with E-state index in [0.29, 0.717) is 6.54 Å². The molecule has 0 amide bonds. The van der Waals surface area contributed by atoms with E-state index in [4.69, 9.17) is 9.15 Å². The van der Waals surface area contributed by atoms with E-state index in [0.717, 1.165) is 44.8 Å². The van der Waals surface area contributed by atoms with Crippen LogP contribution in [0.1, 0.15) is 16.9 Å². The maximum Gasteiger partial charge on any atom is 0.158 e. The van der Waals surface area contributed by atoms with Crippen LogP contribution in [0.25, 0.3) is 22.2 Å². The van der Waals surface area contributed by atoms with Gasteiger partial charge in [0.1, 0.15) is 11.5 Å². The Hall–Kier alpha value is -3.08. The second-order valence-electron chi connectivity index (χ2n) is 6.09. The molecule has 5 nitrogen and oxygen atoms in total. The van der Waals surface area contributed by atoms with E-state index in [1.54, 1.807) is 13.4 Å². The fraction of sp³-hybridized carbons (Fsp3) is 0.200. The molecule has 0 bridgehead atoms. The number of aryl methyl sites for hydroxylation is 2. The Morgan fingerprint density at radius 2 is 1.88 bits per heavy atom. The lowest BCUT2D eigenvalue weighted by Gasteiger charge is -2.08. The van der Waals surface area contributed by atoms with Gasteiger partial charge >= 0.3 is 0 Å². The minimum Gasteiger partial charge on any atom is -0.497 e. The average Bonchev–Trinajstić information content (AvgIpc) is 3.22. The molecule has 0 unspecified atom stereocenters. The summed E-state index contributed by atoms with van der Waals surface area (Å²) in [6.45, 7) is 4.70. The predicted molar refractivity (Wildman–Crippen MR) is 96.8 cm³/mol. The molecule has 0 fully saturated rings. The number of aromatic nitrogens is 3. The number of benzene rings is 1. The standard InChI is InChI=1S/C20H19N3O2/c1-13-10-21-20-18(19(13)17-8-9-25-14(17)2)11-22-23(20)12-15-4-6-16(24-3)7-5-15/h4-11H,12H2,1-3H3. The van der Waals surface area contributed by atoms with E-state index < -0.39 is 0 Å². The molecule has 0 aliphatic heterocycles. The van der Waals surface area contributed by atoms with Gasteiger partial charge in [0.2, 0.25) is 0 Å². The molecule has 0 saturated heterocycles. The molecule has 0 radical (unpaired) electrons. The van der Waals surface area contributed by atoms with Crippen molar-refractivity contribution < 1.29 is 9.15 Å². The molecule has 1 aromatic carbocycles. The first-order valence-corrected chi connectivity index (χ1v) is 8.16. The zero-order valence-corrected chi connectivity index (χ0v) is 14.5. The molecule has 0 N–H and O–H groups in total. The van der Waals surface area contributed by atoms with E-state index in [2.05, 4.69) is 17.0 Å². The van der Waals surface area contributed by atoms with Gasteiger partial charge in [0.15, 0.2) is 5.65 Å². The maximum absolute atomic E-state index is 5.49. The van der Waals surface area contributed by atoms with Crippen molar-refractivity contribution in [1.82, 2.24) is 14.8 Å².